The van der Waals surface area contributed by atoms with E-state index in [1.807, 2.05) is 12.3 Å². The predicted octanol–water partition coefficient (Wildman–Crippen LogP) is 1.61. The number of hydrogen-bond acceptors (Lipinski definition) is 5. The van der Waals surface area contributed by atoms with Gasteiger partial charge in [-0.15, -0.1) is 0 Å². The zero-order valence-corrected chi connectivity index (χ0v) is 14.8. The molecule has 0 spiro atoms. The van der Waals surface area contributed by atoms with Crippen LogP contribution < -0.4 is 10.1 Å². The van der Waals surface area contributed by atoms with Crippen molar-refractivity contribution in [2.45, 2.75) is 32.4 Å². The molecule has 1 aliphatic heterocycles. The normalized spacial score (nSPS) is 17.6. The van der Waals surface area contributed by atoms with Crippen LogP contribution in [0.15, 0.2) is 30.6 Å². The van der Waals surface area contributed by atoms with Gasteiger partial charge in [-0.1, -0.05) is 13.0 Å². The molecule has 2 aromatic heterocycles. The fourth-order valence-electron chi connectivity index (χ4n) is 3.00. The highest BCUT2D eigenvalue weighted by Gasteiger charge is 2.25. The van der Waals surface area contributed by atoms with Crippen LogP contribution in [0.3, 0.4) is 0 Å². The highest BCUT2D eigenvalue weighted by atomic mass is 16.5. The number of aromatic nitrogens is 3. The zero-order chi connectivity index (χ0) is 17.6. The van der Waals surface area contributed by atoms with Gasteiger partial charge < -0.3 is 10.1 Å². The second-order valence-electron chi connectivity index (χ2n) is 6.39. The molecule has 3 rings (SSSR count). The summed E-state index contributed by atoms with van der Waals surface area (Å²) in [5.74, 6) is 0.610. The summed E-state index contributed by atoms with van der Waals surface area (Å²) in [5, 5.41) is 7.13. The Morgan fingerprint density at radius 2 is 2.28 bits per heavy atom. The Kier molecular flexibility index (Phi) is 5.65. The lowest BCUT2D eigenvalue weighted by molar-refractivity contribution is 0.0928. The van der Waals surface area contributed by atoms with Gasteiger partial charge in [0.2, 0.25) is 5.88 Å². The van der Waals surface area contributed by atoms with Gasteiger partial charge >= 0.3 is 0 Å². The van der Waals surface area contributed by atoms with Crippen molar-refractivity contribution < 1.29 is 9.53 Å². The van der Waals surface area contributed by atoms with Crippen molar-refractivity contribution in [1.29, 1.82) is 0 Å². The third-order valence-electron chi connectivity index (χ3n) is 4.32. The van der Waals surface area contributed by atoms with Crippen molar-refractivity contribution in [1.82, 2.24) is 25.0 Å². The van der Waals surface area contributed by atoms with E-state index in [2.05, 4.69) is 33.3 Å². The number of nitrogens with one attached hydrogen (secondary N) is 1. The van der Waals surface area contributed by atoms with E-state index in [-0.39, 0.29) is 11.9 Å². The summed E-state index contributed by atoms with van der Waals surface area (Å²) in [6, 6.07) is 5.88. The van der Waals surface area contributed by atoms with Gasteiger partial charge in [0.05, 0.1) is 6.61 Å². The molecule has 0 saturated carbocycles. The molecule has 0 bridgehead atoms. The molecule has 1 aliphatic rings. The fraction of sp³-hybridized carbons (Fsp3) is 0.500. The molecule has 134 valence electrons. The lowest BCUT2D eigenvalue weighted by atomic mass is 10.2. The topological polar surface area (TPSA) is 72.3 Å². The number of aryl methyl sites for hydroxylation is 1. The third kappa shape index (κ3) is 4.57. The third-order valence-corrected chi connectivity index (χ3v) is 4.32. The minimum Gasteiger partial charge on any atom is -0.478 e. The van der Waals surface area contributed by atoms with Crippen LogP contribution in [0.5, 0.6) is 5.88 Å². The highest BCUT2D eigenvalue weighted by Crippen LogP contribution is 2.15. The van der Waals surface area contributed by atoms with Gasteiger partial charge in [0.25, 0.3) is 5.91 Å². The number of likely N-dealkylation sites (tertiary alicyclic amines) is 1. The molecule has 25 heavy (non-hydrogen) atoms. The number of carbonyl (C=O) groups is 1. The summed E-state index contributed by atoms with van der Waals surface area (Å²) >= 11 is 0. The van der Waals surface area contributed by atoms with Crippen molar-refractivity contribution >= 4 is 5.91 Å². The van der Waals surface area contributed by atoms with E-state index in [4.69, 9.17) is 4.74 Å². The van der Waals surface area contributed by atoms with Gasteiger partial charge in [-0.05, 0) is 24.5 Å². The maximum Gasteiger partial charge on any atom is 0.269 e. The van der Waals surface area contributed by atoms with Crippen molar-refractivity contribution in [3.8, 4) is 5.88 Å². The molecule has 1 amide bonds. The molecule has 0 radical (unpaired) electrons. The van der Waals surface area contributed by atoms with E-state index < -0.39 is 0 Å². The van der Waals surface area contributed by atoms with E-state index in [0.29, 0.717) is 18.2 Å². The fourth-order valence-corrected chi connectivity index (χ4v) is 3.00. The lowest BCUT2D eigenvalue weighted by Gasteiger charge is -2.17. The van der Waals surface area contributed by atoms with E-state index in [9.17, 15) is 4.79 Å². The number of rotatable bonds is 7. The molecule has 7 heteroatoms. The van der Waals surface area contributed by atoms with Crippen LogP contribution in [0.4, 0.5) is 0 Å². The molecule has 1 fully saturated rings. The first-order valence-corrected chi connectivity index (χ1v) is 8.74. The van der Waals surface area contributed by atoms with E-state index in [0.717, 1.165) is 38.0 Å². The standard InChI is InChI=1S/C18H25N5O2/c1-3-10-25-17-5-4-14(11-19-17)12-23-9-7-15(13-23)21-18(24)16-6-8-20-22(16)2/h4-6,8,11,15H,3,7,9-10,12-13H2,1-2H3,(H,21,24). The number of nitrogens with zero attached hydrogens (tertiary/aromatic N) is 4. The number of pyridine rings is 1. The first-order chi connectivity index (χ1) is 12.2. The molecule has 1 atom stereocenters. The van der Waals surface area contributed by atoms with Crippen LogP contribution in [0.1, 0.15) is 35.8 Å². The maximum absolute atomic E-state index is 12.3. The Labute approximate surface area is 148 Å². The Morgan fingerprint density at radius 1 is 1.40 bits per heavy atom. The van der Waals surface area contributed by atoms with Gasteiger partial charge in [0.1, 0.15) is 5.69 Å². The number of hydrogen-bond donors (Lipinski definition) is 1. The summed E-state index contributed by atoms with van der Waals surface area (Å²) in [6.07, 6.45) is 5.43. The van der Waals surface area contributed by atoms with Crippen molar-refractivity contribution in [3.05, 3.63) is 41.9 Å². The quantitative estimate of drug-likeness (QED) is 0.827. The van der Waals surface area contributed by atoms with E-state index >= 15 is 0 Å². The average molecular weight is 343 g/mol. The first-order valence-electron chi connectivity index (χ1n) is 8.74. The van der Waals surface area contributed by atoms with Crippen LogP contribution in [0.25, 0.3) is 0 Å². The lowest BCUT2D eigenvalue weighted by Crippen LogP contribution is -2.37. The first kappa shape index (κ1) is 17.4. The minimum atomic E-state index is -0.0639. The minimum absolute atomic E-state index is 0.0639. The van der Waals surface area contributed by atoms with Crippen LogP contribution in [0.2, 0.25) is 0 Å². The van der Waals surface area contributed by atoms with E-state index in [1.54, 1.807) is 24.0 Å². The zero-order valence-electron chi connectivity index (χ0n) is 14.8. The molecule has 0 aliphatic carbocycles. The summed E-state index contributed by atoms with van der Waals surface area (Å²) in [4.78, 5) is 18.9. The highest BCUT2D eigenvalue weighted by molar-refractivity contribution is 5.92. The molecule has 1 saturated heterocycles. The number of amides is 1. The smallest absolute Gasteiger partial charge is 0.269 e. The van der Waals surface area contributed by atoms with Gasteiger partial charge in [-0.3, -0.25) is 14.4 Å². The Hall–Kier alpha value is -2.41. The van der Waals surface area contributed by atoms with Crippen LogP contribution in [0, 0.1) is 0 Å². The Morgan fingerprint density at radius 3 is 2.96 bits per heavy atom. The summed E-state index contributed by atoms with van der Waals surface area (Å²) in [5.41, 5.74) is 1.74. The molecule has 3 heterocycles. The average Bonchev–Trinajstić information content (AvgIpc) is 3.23. The number of carbonyl (C=O) groups excluding carboxylic acids is 1. The summed E-state index contributed by atoms with van der Waals surface area (Å²) in [6.45, 7) is 5.41. The van der Waals surface area contributed by atoms with Gasteiger partial charge in [-0.25, -0.2) is 4.98 Å². The van der Waals surface area contributed by atoms with Crippen LogP contribution in [-0.2, 0) is 13.6 Å². The van der Waals surface area contributed by atoms with Gasteiger partial charge in [0, 0.05) is 51.2 Å². The molecule has 1 unspecified atom stereocenters. The van der Waals surface area contributed by atoms with E-state index in [1.165, 1.54) is 0 Å². The predicted molar refractivity (Wildman–Crippen MR) is 94.4 cm³/mol. The SMILES string of the molecule is CCCOc1ccc(CN2CCC(NC(=O)c3ccnn3C)C2)cn1. The monoisotopic (exact) mass is 343 g/mol. The largest absolute Gasteiger partial charge is 0.478 e. The molecule has 2 aromatic rings. The molecular weight excluding hydrogens is 318 g/mol. The summed E-state index contributed by atoms with van der Waals surface area (Å²) in [7, 11) is 1.77. The Balaban J connectivity index is 1.48. The van der Waals surface area contributed by atoms with Crippen molar-refractivity contribution in [3.63, 3.8) is 0 Å². The summed E-state index contributed by atoms with van der Waals surface area (Å²) < 4.78 is 7.10. The van der Waals surface area contributed by atoms with Gasteiger partial charge in [0.15, 0.2) is 0 Å². The van der Waals surface area contributed by atoms with Crippen molar-refractivity contribution in [2.24, 2.45) is 7.05 Å². The van der Waals surface area contributed by atoms with Crippen molar-refractivity contribution in [2.75, 3.05) is 19.7 Å². The molecular formula is C18H25N5O2. The maximum atomic E-state index is 12.3. The second kappa shape index (κ2) is 8.11. The number of ether oxygens (including phenoxy) is 1. The Bertz CT molecular complexity index is 698. The van der Waals surface area contributed by atoms with Gasteiger partial charge in [-0.2, -0.15) is 5.10 Å². The molecule has 0 aromatic carbocycles. The molecule has 1 N–H and O–H groups in total. The molecule has 7 nitrogen and oxygen atoms in total. The second-order valence-corrected chi connectivity index (χ2v) is 6.39. The van der Waals surface area contributed by atoms with Crippen LogP contribution in [-0.4, -0.2) is 51.3 Å². The van der Waals surface area contributed by atoms with Crippen LogP contribution >= 0.6 is 0 Å².